The molecule has 0 aliphatic rings. The molecule has 0 saturated heterocycles. The van der Waals surface area contributed by atoms with E-state index in [2.05, 4.69) is 10.7 Å². The molecule has 0 fully saturated rings. The monoisotopic (exact) mass is 91.1 g/mol. The van der Waals surface area contributed by atoms with Gasteiger partial charge in [-0.15, -0.1) is 0 Å². The Bertz CT molecular complexity index is 15.0. The van der Waals surface area contributed by atoms with Crippen molar-refractivity contribution in [2.45, 2.75) is 20.8 Å². The molecule has 0 atom stereocenters. The van der Waals surface area contributed by atoms with E-state index in [0.717, 1.165) is 6.42 Å². The molecule has 0 saturated carbocycles. The number of hydrogen-bond acceptors (Lipinski definition) is 2. The molecule has 0 spiro atoms. The summed E-state index contributed by atoms with van der Waals surface area (Å²) in [6.07, 6.45) is 0.997. The lowest BCUT2D eigenvalue weighted by Crippen LogP contribution is -1.97. The van der Waals surface area contributed by atoms with E-state index >= 15 is 0 Å². The van der Waals surface area contributed by atoms with Gasteiger partial charge in [0, 0.05) is 0 Å². The van der Waals surface area contributed by atoms with Gasteiger partial charge in [0.25, 0.3) is 0 Å². The minimum absolute atomic E-state index is 0. The average Bonchev–Trinajstić information content (AvgIpc) is 1.41. The molecular formula is C4H13NO. The molecule has 0 radical (unpaired) electrons. The molecule has 2 heteroatoms. The lowest BCUT2D eigenvalue weighted by molar-refractivity contribution is 0.138. The van der Waals surface area contributed by atoms with Gasteiger partial charge in [-0.3, -0.25) is 0 Å². The molecule has 0 aliphatic heterocycles. The second-order valence-electron chi connectivity index (χ2n) is 0.871. The van der Waals surface area contributed by atoms with Gasteiger partial charge in [0.1, 0.15) is 0 Å². The molecule has 0 aromatic carbocycles. The van der Waals surface area contributed by atoms with Crippen LogP contribution < -0.4 is 5.90 Å². The van der Waals surface area contributed by atoms with Crippen LogP contribution in [-0.4, -0.2) is 6.61 Å². The van der Waals surface area contributed by atoms with Crippen molar-refractivity contribution in [3.05, 3.63) is 0 Å². The predicted octanol–water partition coefficient (Wildman–Crippen LogP) is 0.923. The zero-order valence-electron chi connectivity index (χ0n) is 3.40. The van der Waals surface area contributed by atoms with E-state index < -0.39 is 0 Å². The Labute approximate surface area is 39.2 Å². The molecule has 0 unspecified atom stereocenters. The summed E-state index contributed by atoms with van der Waals surface area (Å²) in [4.78, 5) is 4.19. The van der Waals surface area contributed by atoms with Crippen LogP contribution in [-0.2, 0) is 4.84 Å². The van der Waals surface area contributed by atoms with E-state index in [1.54, 1.807) is 0 Å². The summed E-state index contributed by atoms with van der Waals surface area (Å²) in [7, 11) is 0. The van der Waals surface area contributed by atoms with Crippen molar-refractivity contribution in [2.24, 2.45) is 5.90 Å². The Kier molecular flexibility index (Phi) is 13.8. The third kappa shape index (κ3) is 9.07. The van der Waals surface area contributed by atoms with Crippen LogP contribution in [0.15, 0.2) is 0 Å². The van der Waals surface area contributed by atoms with Gasteiger partial charge < -0.3 is 4.84 Å². The maximum absolute atomic E-state index is 4.64. The van der Waals surface area contributed by atoms with Crippen molar-refractivity contribution in [3.8, 4) is 0 Å². The summed E-state index contributed by atoms with van der Waals surface area (Å²) >= 11 is 0. The molecule has 0 heterocycles. The highest BCUT2D eigenvalue weighted by atomic mass is 16.6. The minimum atomic E-state index is 0. The van der Waals surface area contributed by atoms with Gasteiger partial charge >= 0.3 is 0 Å². The van der Waals surface area contributed by atoms with Crippen molar-refractivity contribution >= 4 is 0 Å². The Hall–Kier alpha value is -0.0800. The van der Waals surface area contributed by atoms with Gasteiger partial charge in [-0.1, -0.05) is 14.4 Å². The van der Waals surface area contributed by atoms with E-state index in [9.17, 15) is 0 Å². The highest BCUT2D eigenvalue weighted by molar-refractivity contribution is 4.14. The molecule has 2 nitrogen and oxygen atoms in total. The van der Waals surface area contributed by atoms with Crippen molar-refractivity contribution in [2.75, 3.05) is 6.61 Å². The van der Waals surface area contributed by atoms with E-state index in [1.165, 1.54) is 0 Å². The maximum Gasteiger partial charge on any atom is 0.0676 e. The Morgan fingerprint density at radius 2 is 2.17 bits per heavy atom. The molecule has 2 N–H and O–H groups in total. The molecule has 0 bridgehead atoms. The zero-order chi connectivity index (χ0) is 4.12. The third-order valence-corrected chi connectivity index (χ3v) is 0.322. The van der Waals surface area contributed by atoms with Gasteiger partial charge in [0.2, 0.25) is 0 Å². The first-order chi connectivity index (χ1) is 2.41. The standard InChI is InChI=1S/C3H9NO.CH4/c1-2-3-5-4;/h2-4H2,1H3;1H4. The van der Waals surface area contributed by atoms with Crippen molar-refractivity contribution < 1.29 is 4.84 Å². The summed E-state index contributed by atoms with van der Waals surface area (Å²) in [5, 5.41) is 0. The maximum atomic E-state index is 4.64. The normalized spacial score (nSPS) is 7.00. The molecule has 0 amide bonds. The molecular weight excluding hydrogens is 78.0 g/mol. The lowest BCUT2D eigenvalue weighted by atomic mass is 10.5. The van der Waals surface area contributed by atoms with Crippen LogP contribution in [0.4, 0.5) is 0 Å². The fourth-order valence-electron chi connectivity index (χ4n) is 0.118. The second-order valence-corrected chi connectivity index (χ2v) is 0.871. The fraction of sp³-hybridized carbons (Fsp3) is 1.00. The minimum Gasteiger partial charge on any atom is -0.305 e. The molecule has 40 valence electrons. The van der Waals surface area contributed by atoms with E-state index in [0.29, 0.717) is 6.61 Å². The molecule has 0 rings (SSSR count). The largest absolute Gasteiger partial charge is 0.305 e. The summed E-state index contributed by atoms with van der Waals surface area (Å²) < 4.78 is 0. The van der Waals surface area contributed by atoms with Gasteiger partial charge in [-0.25, -0.2) is 5.90 Å². The molecule has 6 heavy (non-hydrogen) atoms. The van der Waals surface area contributed by atoms with Gasteiger partial charge in [-0.2, -0.15) is 0 Å². The van der Waals surface area contributed by atoms with Crippen LogP contribution in [0, 0.1) is 0 Å². The van der Waals surface area contributed by atoms with Crippen LogP contribution in [0.1, 0.15) is 20.8 Å². The first kappa shape index (κ1) is 9.33. The summed E-state index contributed by atoms with van der Waals surface area (Å²) in [6, 6.07) is 0. The highest BCUT2D eigenvalue weighted by Crippen LogP contribution is 1.67. The molecule has 0 aromatic rings. The highest BCUT2D eigenvalue weighted by Gasteiger charge is 1.66. The molecule has 0 aliphatic carbocycles. The number of nitrogens with two attached hydrogens (primary N) is 1. The quantitative estimate of drug-likeness (QED) is 0.513. The summed E-state index contributed by atoms with van der Waals surface area (Å²) in [6.45, 7) is 2.67. The van der Waals surface area contributed by atoms with Crippen LogP contribution >= 0.6 is 0 Å². The number of rotatable bonds is 2. The smallest absolute Gasteiger partial charge is 0.0676 e. The van der Waals surface area contributed by atoms with Gasteiger partial charge in [-0.05, 0) is 6.42 Å². The fourth-order valence-corrected chi connectivity index (χ4v) is 0.118. The second kappa shape index (κ2) is 8.87. The van der Waals surface area contributed by atoms with Crippen molar-refractivity contribution in [1.82, 2.24) is 0 Å². The van der Waals surface area contributed by atoms with E-state index in [4.69, 9.17) is 0 Å². The Morgan fingerprint density at radius 1 is 1.67 bits per heavy atom. The SMILES string of the molecule is C.CCCON. The summed E-state index contributed by atoms with van der Waals surface area (Å²) in [5.41, 5.74) is 0. The lowest BCUT2D eigenvalue weighted by Gasteiger charge is -1.83. The van der Waals surface area contributed by atoms with Crippen LogP contribution in [0.5, 0.6) is 0 Å². The molecule has 0 aromatic heterocycles. The van der Waals surface area contributed by atoms with E-state index in [1.807, 2.05) is 6.92 Å². The van der Waals surface area contributed by atoms with Crippen molar-refractivity contribution in [1.29, 1.82) is 0 Å². The summed E-state index contributed by atoms with van der Waals surface area (Å²) in [5.74, 6) is 4.64. The van der Waals surface area contributed by atoms with E-state index in [-0.39, 0.29) is 7.43 Å². The predicted molar refractivity (Wildman–Crippen MR) is 27.2 cm³/mol. The topological polar surface area (TPSA) is 35.2 Å². The average molecular weight is 91.2 g/mol. The van der Waals surface area contributed by atoms with Gasteiger partial charge in [0.15, 0.2) is 0 Å². The van der Waals surface area contributed by atoms with Gasteiger partial charge in [0.05, 0.1) is 6.61 Å². The van der Waals surface area contributed by atoms with Crippen molar-refractivity contribution in [3.63, 3.8) is 0 Å². The number of hydrogen-bond donors (Lipinski definition) is 1. The Balaban J connectivity index is 0. The van der Waals surface area contributed by atoms with Crippen LogP contribution in [0.3, 0.4) is 0 Å². The first-order valence-electron chi connectivity index (χ1n) is 1.73. The Morgan fingerprint density at radius 3 is 2.17 bits per heavy atom. The van der Waals surface area contributed by atoms with Crippen LogP contribution in [0.2, 0.25) is 0 Å². The third-order valence-electron chi connectivity index (χ3n) is 0.322. The first-order valence-corrected chi connectivity index (χ1v) is 1.73. The van der Waals surface area contributed by atoms with Crippen LogP contribution in [0.25, 0.3) is 0 Å². The zero-order valence-corrected chi connectivity index (χ0v) is 3.40.